The lowest BCUT2D eigenvalue weighted by Crippen LogP contribution is -2.50. The van der Waals surface area contributed by atoms with E-state index in [2.05, 4.69) is 44.0 Å². The van der Waals surface area contributed by atoms with E-state index in [0.29, 0.717) is 0 Å². The first-order chi connectivity index (χ1) is 10.8. The number of nitrogens with zero attached hydrogens (tertiary/aromatic N) is 4. The van der Waals surface area contributed by atoms with Gasteiger partial charge in [-0.3, -0.25) is 4.90 Å². The van der Waals surface area contributed by atoms with Crippen molar-refractivity contribution in [2.75, 3.05) is 37.6 Å². The highest BCUT2D eigenvalue weighted by atomic mass is 15.3. The smallest absolute Gasteiger partial charge is 0.225 e. The highest BCUT2D eigenvalue weighted by Crippen LogP contribution is 2.10. The summed E-state index contributed by atoms with van der Waals surface area (Å²) in [5.74, 6) is 0.829. The van der Waals surface area contributed by atoms with Crippen LogP contribution in [0.1, 0.15) is 5.56 Å². The van der Waals surface area contributed by atoms with Crippen LogP contribution in [0.15, 0.2) is 48.8 Å². The fraction of sp³-hybridized carbons (Fsp3) is 0.412. The molecule has 5 heteroatoms. The molecular formula is C17H23N5. The third-order valence-electron chi connectivity index (χ3n) is 4.04. The molecule has 2 aromatic rings. The lowest BCUT2D eigenvalue weighted by molar-refractivity contribution is 0.241. The molecule has 0 amide bonds. The summed E-state index contributed by atoms with van der Waals surface area (Å²) >= 11 is 0. The van der Waals surface area contributed by atoms with Gasteiger partial charge in [-0.25, -0.2) is 9.97 Å². The highest BCUT2D eigenvalue weighted by molar-refractivity contribution is 5.29. The number of hydrogen-bond acceptors (Lipinski definition) is 5. The molecule has 116 valence electrons. The van der Waals surface area contributed by atoms with E-state index in [-0.39, 0.29) is 6.04 Å². The fourth-order valence-corrected chi connectivity index (χ4v) is 2.90. The van der Waals surface area contributed by atoms with E-state index in [9.17, 15) is 0 Å². The SMILES string of the molecule is N[C@@H](Cc1ccccc1)CN1CCN(c2ncccn2)CC1. The zero-order chi connectivity index (χ0) is 15.2. The van der Waals surface area contributed by atoms with Crippen molar-refractivity contribution in [3.63, 3.8) is 0 Å². The Labute approximate surface area is 131 Å². The first-order valence-electron chi connectivity index (χ1n) is 7.85. The van der Waals surface area contributed by atoms with E-state index >= 15 is 0 Å². The topological polar surface area (TPSA) is 58.3 Å². The second kappa shape index (κ2) is 7.33. The molecule has 1 saturated heterocycles. The molecule has 1 aliphatic rings. The summed E-state index contributed by atoms with van der Waals surface area (Å²) in [6, 6.07) is 12.5. The van der Waals surface area contributed by atoms with Gasteiger partial charge >= 0.3 is 0 Å². The van der Waals surface area contributed by atoms with Crippen molar-refractivity contribution < 1.29 is 0 Å². The number of rotatable bonds is 5. The molecule has 1 atom stereocenters. The number of hydrogen-bond donors (Lipinski definition) is 1. The molecule has 0 aliphatic carbocycles. The van der Waals surface area contributed by atoms with Gasteiger partial charge in [-0.1, -0.05) is 30.3 Å². The highest BCUT2D eigenvalue weighted by Gasteiger charge is 2.20. The third kappa shape index (κ3) is 4.02. The second-order valence-corrected chi connectivity index (χ2v) is 5.79. The zero-order valence-corrected chi connectivity index (χ0v) is 12.8. The van der Waals surface area contributed by atoms with Crippen LogP contribution in [-0.4, -0.2) is 53.6 Å². The van der Waals surface area contributed by atoms with E-state index in [1.54, 1.807) is 12.4 Å². The van der Waals surface area contributed by atoms with Gasteiger partial charge < -0.3 is 10.6 Å². The van der Waals surface area contributed by atoms with E-state index in [0.717, 1.165) is 45.1 Å². The van der Waals surface area contributed by atoms with Gasteiger partial charge in [-0.15, -0.1) is 0 Å². The molecule has 0 bridgehead atoms. The third-order valence-corrected chi connectivity index (χ3v) is 4.04. The molecule has 3 rings (SSSR count). The van der Waals surface area contributed by atoms with E-state index in [1.165, 1.54) is 5.56 Å². The van der Waals surface area contributed by atoms with Crippen LogP contribution in [0.4, 0.5) is 5.95 Å². The van der Waals surface area contributed by atoms with Gasteiger partial charge in [0.15, 0.2) is 0 Å². The predicted octanol–water partition coefficient (Wildman–Crippen LogP) is 1.17. The number of nitrogens with two attached hydrogens (primary N) is 1. The van der Waals surface area contributed by atoms with Gasteiger partial charge in [-0.2, -0.15) is 0 Å². The molecule has 0 spiro atoms. The molecule has 2 N–H and O–H groups in total. The summed E-state index contributed by atoms with van der Waals surface area (Å²) in [6.45, 7) is 4.89. The standard InChI is InChI=1S/C17H23N5/c18-16(13-15-5-2-1-3-6-15)14-21-9-11-22(12-10-21)17-19-7-4-8-20-17/h1-8,16H,9-14,18H2/t16-/m0/s1. The Morgan fingerprint density at radius 1 is 0.955 bits per heavy atom. The van der Waals surface area contributed by atoms with Crippen LogP contribution in [0.3, 0.4) is 0 Å². The second-order valence-electron chi connectivity index (χ2n) is 5.79. The minimum absolute atomic E-state index is 0.182. The van der Waals surface area contributed by atoms with Gasteiger partial charge in [0.25, 0.3) is 0 Å². The quantitative estimate of drug-likeness (QED) is 0.898. The van der Waals surface area contributed by atoms with Crippen molar-refractivity contribution in [3.05, 3.63) is 54.4 Å². The van der Waals surface area contributed by atoms with Crippen molar-refractivity contribution >= 4 is 5.95 Å². The van der Waals surface area contributed by atoms with Crippen LogP contribution >= 0.6 is 0 Å². The van der Waals surface area contributed by atoms with Crippen LogP contribution in [0.5, 0.6) is 0 Å². The fourth-order valence-electron chi connectivity index (χ4n) is 2.90. The first kappa shape index (κ1) is 14.9. The van der Waals surface area contributed by atoms with Gasteiger partial charge in [0, 0.05) is 51.2 Å². The number of benzene rings is 1. The van der Waals surface area contributed by atoms with Crippen LogP contribution in [0, 0.1) is 0 Å². The summed E-state index contributed by atoms with van der Waals surface area (Å²) in [4.78, 5) is 13.3. The summed E-state index contributed by atoms with van der Waals surface area (Å²) in [5, 5.41) is 0. The van der Waals surface area contributed by atoms with Crippen molar-refractivity contribution in [2.45, 2.75) is 12.5 Å². The van der Waals surface area contributed by atoms with Gasteiger partial charge in [0.1, 0.15) is 0 Å². The Morgan fingerprint density at radius 2 is 1.64 bits per heavy atom. The predicted molar refractivity (Wildman–Crippen MR) is 88.8 cm³/mol. The van der Waals surface area contributed by atoms with Gasteiger partial charge in [0.2, 0.25) is 5.95 Å². The van der Waals surface area contributed by atoms with E-state index < -0.39 is 0 Å². The van der Waals surface area contributed by atoms with Crippen LogP contribution < -0.4 is 10.6 Å². The lowest BCUT2D eigenvalue weighted by Gasteiger charge is -2.35. The zero-order valence-electron chi connectivity index (χ0n) is 12.8. The minimum atomic E-state index is 0.182. The molecule has 5 nitrogen and oxygen atoms in total. The first-order valence-corrected chi connectivity index (χ1v) is 7.85. The van der Waals surface area contributed by atoms with Crippen molar-refractivity contribution in [2.24, 2.45) is 5.73 Å². The average Bonchev–Trinajstić information content (AvgIpc) is 2.57. The van der Waals surface area contributed by atoms with Crippen LogP contribution in [0.25, 0.3) is 0 Å². The molecule has 0 unspecified atom stereocenters. The number of aromatic nitrogens is 2. The molecule has 1 aromatic carbocycles. The van der Waals surface area contributed by atoms with Crippen LogP contribution in [0.2, 0.25) is 0 Å². The Balaban J connectivity index is 1.46. The number of piperazine rings is 1. The molecular weight excluding hydrogens is 274 g/mol. The maximum Gasteiger partial charge on any atom is 0.225 e. The molecule has 22 heavy (non-hydrogen) atoms. The molecule has 0 saturated carbocycles. The van der Waals surface area contributed by atoms with Gasteiger partial charge in [0.05, 0.1) is 0 Å². The van der Waals surface area contributed by atoms with Crippen molar-refractivity contribution in [1.29, 1.82) is 0 Å². The van der Waals surface area contributed by atoms with Crippen molar-refractivity contribution in [1.82, 2.24) is 14.9 Å². The summed E-state index contributed by atoms with van der Waals surface area (Å²) in [5.41, 5.74) is 7.61. The normalized spacial score (nSPS) is 17.4. The largest absolute Gasteiger partial charge is 0.338 e. The Hall–Kier alpha value is -1.98. The molecule has 2 heterocycles. The minimum Gasteiger partial charge on any atom is -0.338 e. The summed E-state index contributed by atoms with van der Waals surface area (Å²) in [7, 11) is 0. The molecule has 1 aromatic heterocycles. The van der Waals surface area contributed by atoms with E-state index in [4.69, 9.17) is 5.73 Å². The maximum atomic E-state index is 6.30. The maximum absolute atomic E-state index is 6.30. The monoisotopic (exact) mass is 297 g/mol. The van der Waals surface area contributed by atoms with Gasteiger partial charge in [-0.05, 0) is 18.1 Å². The Kier molecular flexibility index (Phi) is 4.98. The van der Waals surface area contributed by atoms with Crippen molar-refractivity contribution in [3.8, 4) is 0 Å². The average molecular weight is 297 g/mol. The molecule has 1 fully saturated rings. The Bertz CT molecular complexity index is 552. The summed E-state index contributed by atoms with van der Waals surface area (Å²) in [6.07, 6.45) is 4.53. The summed E-state index contributed by atoms with van der Waals surface area (Å²) < 4.78 is 0. The van der Waals surface area contributed by atoms with E-state index in [1.807, 2.05) is 12.1 Å². The Morgan fingerprint density at radius 3 is 2.32 bits per heavy atom. The number of anilines is 1. The molecule has 1 aliphatic heterocycles. The lowest BCUT2D eigenvalue weighted by atomic mass is 10.1. The van der Waals surface area contributed by atoms with Crippen LogP contribution in [-0.2, 0) is 6.42 Å². The molecule has 0 radical (unpaired) electrons.